The van der Waals surface area contributed by atoms with Gasteiger partial charge >= 0.3 is 0 Å². The first kappa shape index (κ1) is 26.9. The van der Waals surface area contributed by atoms with Crippen LogP contribution < -0.4 is 10.1 Å². The van der Waals surface area contributed by atoms with E-state index in [0.29, 0.717) is 11.3 Å². The predicted octanol–water partition coefficient (Wildman–Crippen LogP) is 4.82. The molecular weight excluding hydrogens is 478 g/mol. The third-order valence-corrected chi connectivity index (χ3v) is 6.90. The van der Waals surface area contributed by atoms with Gasteiger partial charge in [0.25, 0.3) is 0 Å². The number of aromatic nitrogens is 3. The minimum Gasteiger partial charge on any atom is -0.497 e. The van der Waals surface area contributed by atoms with Crippen LogP contribution in [0.4, 0.5) is 0 Å². The number of rotatable bonds is 10. The predicted molar refractivity (Wildman–Crippen MR) is 148 cm³/mol. The third kappa shape index (κ3) is 6.02. The zero-order valence-corrected chi connectivity index (χ0v) is 22.6. The van der Waals surface area contributed by atoms with Crippen LogP contribution in [-0.2, 0) is 22.7 Å². The van der Waals surface area contributed by atoms with Crippen LogP contribution in [0.15, 0.2) is 72.8 Å². The van der Waals surface area contributed by atoms with Gasteiger partial charge in [0.05, 0.1) is 12.6 Å². The highest BCUT2D eigenvalue weighted by atomic mass is 16.5. The second kappa shape index (κ2) is 11.5. The summed E-state index contributed by atoms with van der Waals surface area (Å²) >= 11 is 0. The second-order valence-corrected chi connectivity index (χ2v) is 10.1. The fourth-order valence-electron chi connectivity index (χ4n) is 4.38. The third-order valence-electron chi connectivity index (χ3n) is 6.90. The number of nitrogens with zero attached hydrogens (tertiary/aromatic N) is 4. The Kier molecular flexibility index (Phi) is 8.10. The van der Waals surface area contributed by atoms with Gasteiger partial charge in [0, 0.05) is 12.1 Å². The van der Waals surface area contributed by atoms with Crippen LogP contribution in [0.1, 0.15) is 49.9 Å². The van der Waals surface area contributed by atoms with E-state index < -0.39 is 11.6 Å². The lowest BCUT2D eigenvalue weighted by Crippen LogP contribution is -2.50. The lowest BCUT2D eigenvalue weighted by atomic mass is 9.95. The number of nitrogens with one attached hydrogen (secondary N) is 1. The van der Waals surface area contributed by atoms with Gasteiger partial charge in [-0.2, -0.15) is 0 Å². The maximum absolute atomic E-state index is 14.1. The molecule has 198 valence electrons. The average Bonchev–Trinajstić information content (AvgIpc) is 3.31. The summed E-state index contributed by atoms with van der Waals surface area (Å²) in [6, 6.07) is 21.9. The van der Waals surface area contributed by atoms with Gasteiger partial charge in [-0.05, 0) is 68.1 Å². The zero-order chi connectivity index (χ0) is 27.3. The number of para-hydroxylation sites is 1. The monoisotopic (exact) mass is 513 g/mol. The Morgan fingerprint density at radius 3 is 2.53 bits per heavy atom. The van der Waals surface area contributed by atoms with Crippen molar-refractivity contribution in [1.82, 2.24) is 25.2 Å². The van der Waals surface area contributed by atoms with Crippen molar-refractivity contribution in [2.45, 2.75) is 58.8 Å². The van der Waals surface area contributed by atoms with Gasteiger partial charge in [0.15, 0.2) is 0 Å². The lowest BCUT2D eigenvalue weighted by Gasteiger charge is -2.35. The van der Waals surface area contributed by atoms with Crippen LogP contribution in [0.3, 0.4) is 0 Å². The van der Waals surface area contributed by atoms with Crippen molar-refractivity contribution in [3.8, 4) is 5.75 Å². The Bertz CT molecular complexity index is 1430. The summed E-state index contributed by atoms with van der Waals surface area (Å²) in [6.45, 7) is 8.10. The fourth-order valence-corrected chi connectivity index (χ4v) is 4.38. The van der Waals surface area contributed by atoms with Gasteiger partial charge in [0.1, 0.15) is 23.9 Å². The molecular formula is C30H35N5O3. The number of methoxy groups -OCH3 is 1. The van der Waals surface area contributed by atoms with Crippen molar-refractivity contribution in [2.75, 3.05) is 7.11 Å². The quantitative estimate of drug-likeness (QED) is 0.328. The van der Waals surface area contributed by atoms with Crippen LogP contribution in [0, 0.1) is 6.92 Å². The van der Waals surface area contributed by atoms with Crippen LogP contribution in [0.2, 0.25) is 0 Å². The molecule has 8 heteroatoms. The smallest absolute Gasteiger partial charge is 0.247 e. The largest absolute Gasteiger partial charge is 0.497 e. The molecule has 1 atom stereocenters. The van der Waals surface area contributed by atoms with Crippen molar-refractivity contribution in [3.63, 3.8) is 0 Å². The summed E-state index contributed by atoms with van der Waals surface area (Å²) in [5, 5.41) is 11.6. The Hall–Kier alpha value is -4.20. The molecule has 0 bridgehead atoms. The van der Waals surface area contributed by atoms with E-state index in [1.165, 1.54) is 0 Å². The molecule has 0 saturated heterocycles. The molecule has 0 spiro atoms. The van der Waals surface area contributed by atoms with Crippen LogP contribution in [-0.4, -0.2) is 44.4 Å². The zero-order valence-electron chi connectivity index (χ0n) is 22.6. The van der Waals surface area contributed by atoms with E-state index in [4.69, 9.17) is 4.74 Å². The highest BCUT2D eigenvalue weighted by Gasteiger charge is 2.35. The van der Waals surface area contributed by atoms with Crippen molar-refractivity contribution < 1.29 is 14.3 Å². The number of hydrogen-bond donors (Lipinski definition) is 1. The number of carbonyl (C=O) groups is 2. The molecule has 0 aliphatic carbocycles. The maximum atomic E-state index is 14.1. The number of carbonyl (C=O) groups excluding carboxylic acids is 2. The molecule has 4 rings (SSSR count). The van der Waals surface area contributed by atoms with Gasteiger partial charge < -0.3 is 15.0 Å². The van der Waals surface area contributed by atoms with E-state index in [2.05, 4.69) is 15.6 Å². The van der Waals surface area contributed by atoms with Crippen molar-refractivity contribution >= 4 is 22.8 Å². The van der Waals surface area contributed by atoms with E-state index in [-0.39, 0.29) is 24.9 Å². The number of amides is 2. The number of fused-ring (bicyclic) bond motifs is 1. The Morgan fingerprint density at radius 1 is 1.05 bits per heavy atom. The summed E-state index contributed by atoms with van der Waals surface area (Å²) < 4.78 is 7.00. The van der Waals surface area contributed by atoms with E-state index in [0.717, 1.165) is 28.6 Å². The molecule has 1 unspecified atom stereocenters. The van der Waals surface area contributed by atoms with Gasteiger partial charge in [-0.3, -0.25) is 9.59 Å². The van der Waals surface area contributed by atoms with Crippen molar-refractivity contribution in [2.24, 2.45) is 0 Å². The van der Waals surface area contributed by atoms with Gasteiger partial charge in [0.2, 0.25) is 11.8 Å². The number of benzene rings is 3. The molecule has 38 heavy (non-hydrogen) atoms. The molecule has 2 amide bonds. The van der Waals surface area contributed by atoms with Crippen LogP contribution >= 0.6 is 0 Å². The Labute approximate surface area is 223 Å². The Morgan fingerprint density at radius 2 is 1.79 bits per heavy atom. The minimum absolute atomic E-state index is 0.0582. The van der Waals surface area contributed by atoms with E-state index in [1.807, 2.05) is 100 Å². The number of ether oxygens (including phenoxy) is 1. The molecule has 4 aromatic rings. The summed E-state index contributed by atoms with van der Waals surface area (Å²) in [5.74, 6) is 0.202. The first-order valence-electron chi connectivity index (χ1n) is 12.8. The average molecular weight is 514 g/mol. The van der Waals surface area contributed by atoms with E-state index in [9.17, 15) is 9.59 Å². The molecule has 8 nitrogen and oxygen atoms in total. The fraction of sp³-hybridized carbons (Fsp3) is 0.333. The van der Waals surface area contributed by atoms with Gasteiger partial charge in [-0.1, -0.05) is 60.7 Å². The molecule has 1 N–H and O–H groups in total. The first-order valence-corrected chi connectivity index (χ1v) is 12.8. The highest BCUT2D eigenvalue weighted by molar-refractivity contribution is 5.90. The summed E-state index contributed by atoms with van der Waals surface area (Å²) in [7, 11) is 1.61. The SMILES string of the molecule is CCC(C)(C)NC(=O)C(c1ccccc1C)N(Cc1cccc(OC)c1)C(=O)Cn1nnc2ccccc21. The number of aryl methyl sites for hydroxylation is 1. The van der Waals surface area contributed by atoms with Gasteiger partial charge in [-0.25, -0.2) is 4.68 Å². The lowest BCUT2D eigenvalue weighted by molar-refractivity contribution is -0.143. The molecule has 0 saturated carbocycles. The maximum Gasteiger partial charge on any atom is 0.247 e. The molecule has 0 fully saturated rings. The summed E-state index contributed by atoms with van der Waals surface area (Å²) in [6.07, 6.45) is 0.744. The number of hydrogen-bond acceptors (Lipinski definition) is 5. The molecule has 0 radical (unpaired) electrons. The standard InChI is InChI=1S/C30H35N5O3/c1-6-30(3,4)31-29(37)28(24-15-8-7-12-21(24)2)34(19-22-13-11-14-23(18-22)38-5)27(36)20-35-26-17-10-9-16-25(26)32-33-35/h7-18,28H,6,19-20H2,1-5H3,(H,31,37). The first-order chi connectivity index (χ1) is 18.2. The summed E-state index contributed by atoms with van der Waals surface area (Å²) in [4.78, 5) is 29.7. The van der Waals surface area contributed by atoms with E-state index >= 15 is 0 Å². The normalized spacial score (nSPS) is 12.2. The van der Waals surface area contributed by atoms with E-state index in [1.54, 1.807) is 16.7 Å². The van der Waals surface area contributed by atoms with Crippen molar-refractivity contribution in [3.05, 3.63) is 89.5 Å². The molecule has 0 aliphatic heterocycles. The Balaban J connectivity index is 1.79. The van der Waals surface area contributed by atoms with Crippen LogP contribution in [0.25, 0.3) is 11.0 Å². The molecule has 3 aromatic carbocycles. The minimum atomic E-state index is -0.851. The van der Waals surface area contributed by atoms with Crippen molar-refractivity contribution in [1.29, 1.82) is 0 Å². The highest BCUT2D eigenvalue weighted by Crippen LogP contribution is 2.29. The topological polar surface area (TPSA) is 89.4 Å². The second-order valence-electron chi connectivity index (χ2n) is 10.1. The summed E-state index contributed by atoms with van der Waals surface area (Å²) in [5.41, 5.74) is 3.57. The molecule has 1 aromatic heterocycles. The van der Waals surface area contributed by atoms with Gasteiger partial charge in [-0.15, -0.1) is 5.10 Å². The molecule has 1 heterocycles. The van der Waals surface area contributed by atoms with Crippen LogP contribution in [0.5, 0.6) is 5.75 Å². The molecule has 0 aliphatic rings.